The van der Waals surface area contributed by atoms with Gasteiger partial charge in [-0.2, -0.15) is 0 Å². The van der Waals surface area contributed by atoms with Gasteiger partial charge in [-0.3, -0.25) is 0 Å². The van der Waals surface area contributed by atoms with E-state index in [9.17, 15) is 0 Å². The molecule has 3 heteroatoms. The molecule has 3 nitrogen and oxygen atoms in total. The minimum Gasteiger partial charge on any atom is -0.497 e. The van der Waals surface area contributed by atoms with E-state index in [1.54, 1.807) is 7.11 Å². The number of aromatic nitrogens is 2. The van der Waals surface area contributed by atoms with E-state index in [2.05, 4.69) is 21.7 Å². The van der Waals surface area contributed by atoms with Crippen LogP contribution in [0.5, 0.6) is 5.75 Å². The molecule has 0 aliphatic heterocycles. The summed E-state index contributed by atoms with van der Waals surface area (Å²) >= 11 is 0. The van der Waals surface area contributed by atoms with Gasteiger partial charge in [0.2, 0.25) is 0 Å². The second-order valence-electron chi connectivity index (χ2n) is 3.80. The van der Waals surface area contributed by atoms with E-state index in [0.29, 0.717) is 0 Å². The smallest absolute Gasteiger partial charge is 0.144 e. The van der Waals surface area contributed by atoms with Crippen LogP contribution >= 0.6 is 0 Å². The molecule has 0 amide bonds. The first kappa shape index (κ1) is 9.90. The number of benzene rings is 1. The highest BCUT2D eigenvalue weighted by Crippen LogP contribution is 2.20. The maximum atomic E-state index is 5.15. The van der Waals surface area contributed by atoms with E-state index in [4.69, 9.17) is 4.74 Å². The molecule has 3 aromatic rings. The predicted octanol–water partition coefficient (Wildman–Crippen LogP) is 3.03. The van der Waals surface area contributed by atoms with Gasteiger partial charge in [-0.05, 0) is 42.5 Å². The monoisotopic (exact) mass is 224 g/mol. The van der Waals surface area contributed by atoms with E-state index in [-0.39, 0.29) is 0 Å². The molecule has 0 fully saturated rings. The number of ether oxygens (including phenoxy) is 1. The molecule has 84 valence electrons. The summed E-state index contributed by atoms with van der Waals surface area (Å²) < 4.78 is 7.21. The van der Waals surface area contributed by atoms with Gasteiger partial charge in [0.1, 0.15) is 11.4 Å². The lowest BCUT2D eigenvalue weighted by atomic mass is 10.3. The highest BCUT2D eigenvalue weighted by molar-refractivity contribution is 5.77. The van der Waals surface area contributed by atoms with Crippen LogP contribution in [0.3, 0.4) is 0 Å². The number of nitrogens with zero attached hydrogens (tertiary/aromatic N) is 2. The summed E-state index contributed by atoms with van der Waals surface area (Å²) in [6.45, 7) is 0. The number of pyridine rings is 1. The number of rotatable bonds is 2. The molecule has 0 saturated heterocycles. The maximum absolute atomic E-state index is 5.15. The minimum atomic E-state index is 0.859. The number of hydrogen-bond donors (Lipinski definition) is 0. The molecule has 0 aliphatic carbocycles. The topological polar surface area (TPSA) is 27.1 Å². The Labute approximate surface area is 99.3 Å². The van der Waals surface area contributed by atoms with Gasteiger partial charge in [0.25, 0.3) is 0 Å². The maximum Gasteiger partial charge on any atom is 0.144 e. The molecule has 1 aromatic carbocycles. The zero-order valence-electron chi connectivity index (χ0n) is 9.50. The van der Waals surface area contributed by atoms with Gasteiger partial charge in [0, 0.05) is 23.5 Å². The number of hydrogen-bond acceptors (Lipinski definition) is 2. The Balaban J connectivity index is 2.13. The molecule has 17 heavy (non-hydrogen) atoms. The lowest BCUT2D eigenvalue weighted by Crippen LogP contribution is -1.93. The van der Waals surface area contributed by atoms with Crippen molar-refractivity contribution < 1.29 is 4.74 Å². The first-order chi connectivity index (χ1) is 8.38. The largest absolute Gasteiger partial charge is 0.497 e. The Hall–Kier alpha value is -2.29. The van der Waals surface area contributed by atoms with Crippen molar-refractivity contribution in [2.75, 3.05) is 7.11 Å². The molecule has 0 aliphatic rings. The average molecular weight is 224 g/mol. The highest BCUT2D eigenvalue weighted by Gasteiger charge is 2.03. The van der Waals surface area contributed by atoms with Crippen LogP contribution in [-0.2, 0) is 0 Å². The predicted molar refractivity (Wildman–Crippen MR) is 67.6 cm³/mol. The van der Waals surface area contributed by atoms with E-state index >= 15 is 0 Å². The average Bonchev–Trinajstić information content (AvgIpc) is 2.83. The zero-order valence-corrected chi connectivity index (χ0v) is 9.50. The summed E-state index contributed by atoms with van der Waals surface area (Å²) in [6.07, 6.45) is 3.84. The van der Waals surface area contributed by atoms with E-state index in [0.717, 1.165) is 22.5 Å². The van der Waals surface area contributed by atoms with Crippen LogP contribution in [0.25, 0.3) is 16.7 Å². The fraction of sp³-hybridized carbons (Fsp3) is 0.0714. The molecule has 2 heterocycles. The van der Waals surface area contributed by atoms with Crippen molar-refractivity contribution in [2.24, 2.45) is 0 Å². The van der Waals surface area contributed by atoms with Crippen molar-refractivity contribution in [3.05, 3.63) is 54.9 Å². The van der Waals surface area contributed by atoms with Gasteiger partial charge in [-0.15, -0.1) is 0 Å². The van der Waals surface area contributed by atoms with E-state index in [1.807, 2.05) is 42.7 Å². The fourth-order valence-electron chi connectivity index (χ4n) is 1.92. The van der Waals surface area contributed by atoms with Crippen LogP contribution in [0, 0.1) is 0 Å². The molecule has 0 saturated carbocycles. The standard InChI is InChI=1S/C14H12N2O/c1-17-13-6-4-12(5-7-13)16-10-8-11-3-2-9-15-14(11)16/h2-10H,1H3. The Morgan fingerprint density at radius 2 is 1.88 bits per heavy atom. The molecule has 0 bridgehead atoms. The van der Waals surface area contributed by atoms with Crippen LogP contribution in [0.2, 0.25) is 0 Å². The van der Waals surface area contributed by atoms with Gasteiger partial charge in [0.15, 0.2) is 0 Å². The molecule has 0 spiro atoms. The Bertz CT molecular complexity index is 641. The highest BCUT2D eigenvalue weighted by atomic mass is 16.5. The zero-order chi connectivity index (χ0) is 11.7. The Kier molecular flexibility index (Phi) is 2.29. The van der Waals surface area contributed by atoms with Gasteiger partial charge >= 0.3 is 0 Å². The normalized spacial score (nSPS) is 10.6. The quantitative estimate of drug-likeness (QED) is 0.669. The third-order valence-electron chi connectivity index (χ3n) is 2.80. The molecule has 2 aromatic heterocycles. The second-order valence-corrected chi connectivity index (χ2v) is 3.80. The summed E-state index contributed by atoms with van der Waals surface area (Å²) in [5.41, 5.74) is 2.05. The molecule has 0 radical (unpaired) electrons. The lowest BCUT2D eigenvalue weighted by Gasteiger charge is -2.05. The minimum absolute atomic E-state index is 0.859. The van der Waals surface area contributed by atoms with Crippen LogP contribution < -0.4 is 4.74 Å². The van der Waals surface area contributed by atoms with Crippen LogP contribution in [0.1, 0.15) is 0 Å². The SMILES string of the molecule is COc1ccc(-n2ccc3cccnc32)cc1. The van der Waals surface area contributed by atoms with Crippen LogP contribution in [0.4, 0.5) is 0 Å². The summed E-state index contributed by atoms with van der Waals surface area (Å²) in [6, 6.07) is 14.0. The van der Waals surface area contributed by atoms with Gasteiger partial charge in [0.05, 0.1) is 7.11 Å². The fourth-order valence-corrected chi connectivity index (χ4v) is 1.92. The van der Waals surface area contributed by atoms with Crippen molar-refractivity contribution in [1.29, 1.82) is 0 Å². The van der Waals surface area contributed by atoms with Crippen molar-refractivity contribution in [3.8, 4) is 11.4 Å². The first-order valence-electron chi connectivity index (χ1n) is 5.45. The molecule has 0 unspecified atom stereocenters. The second kappa shape index (κ2) is 3.94. The summed E-state index contributed by atoms with van der Waals surface area (Å²) in [5, 5.41) is 1.14. The van der Waals surface area contributed by atoms with Crippen molar-refractivity contribution in [1.82, 2.24) is 9.55 Å². The van der Waals surface area contributed by atoms with Crippen LogP contribution in [0.15, 0.2) is 54.9 Å². The first-order valence-corrected chi connectivity index (χ1v) is 5.45. The van der Waals surface area contributed by atoms with Crippen molar-refractivity contribution >= 4 is 11.0 Å². The van der Waals surface area contributed by atoms with Gasteiger partial charge < -0.3 is 9.30 Å². The molecule has 0 N–H and O–H groups in total. The molecular formula is C14H12N2O. The lowest BCUT2D eigenvalue weighted by molar-refractivity contribution is 0.415. The third kappa shape index (κ3) is 1.65. The van der Waals surface area contributed by atoms with Gasteiger partial charge in [-0.25, -0.2) is 4.98 Å². The number of methoxy groups -OCH3 is 1. The summed E-state index contributed by atoms with van der Waals surface area (Å²) in [5.74, 6) is 0.859. The van der Waals surface area contributed by atoms with Crippen molar-refractivity contribution in [2.45, 2.75) is 0 Å². The van der Waals surface area contributed by atoms with Gasteiger partial charge in [-0.1, -0.05) is 0 Å². The number of fused-ring (bicyclic) bond motifs is 1. The van der Waals surface area contributed by atoms with Crippen molar-refractivity contribution in [3.63, 3.8) is 0 Å². The van der Waals surface area contributed by atoms with E-state index < -0.39 is 0 Å². The molecular weight excluding hydrogens is 212 g/mol. The van der Waals surface area contributed by atoms with Crippen LogP contribution in [-0.4, -0.2) is 16.7 Å². The molecule has 3 rings (SSSR count). The Morgan fingerprint density at radius 3 is 2.65 bits per heavy atom. The third-order valence-corrected chi connectivity index (χ3v) is 2.80. The summed E-state index contributed by atoms with van der Waals surface area (Å²) in [7, 11) is 1.67. The summed E-state index contributed by atoms with van der Waals surface area (Å²) in [4.78, 5) is 4.39. The molecule has 0 atom stereocenters. The van der Waals surface area contributed by atoms with E-state index in [1.165, 1.54) is 0 Å². The Morgan fingerprint density at radius 1 is 1.06 bits per heavy atom.